The highest BCUT2D eigenvalue weighted by molar-refractivity contribution is 6.48. The van der Waals surface area contributed by atoms with Gasteiger partial charge in [-0.25, -0.2) is 0 Å². The van der Waals surface area contributed by atoms with Crippen LogP contribution in [0.15, 0.2) is 42.7 Å². The van der Waals surface area contributed by atoms with Crippen LogP contribution in [0.2, 0.25) is 0 Å². The van der Waals surface area contributed by atoms with E-state index in [2.05, 4.69) is 70.2 Å². The topological polar surface area (TPSA) is 94.5 Å². The van der Waals surface area contributed by atoms with Gasteiger partial charge in [-0.1, -0.05) is 59.7 Å². The van der Waals surface area contributed by atoms with E-state index in [1.165, 1.54) is 6.42 Å². The molecule has 1 aliphatic heterocycles. The molecule has 6 atom stereocenters. The predicted octanol–water partition coefficient (Wildman–Crippen LogP) is 5.52. The molecule has 3 heterocycles. The first-order valence-electron chi connectivity index (χ1n) is 16.1. The van der Waals surface area contributed by atoms with Crippen molar-refractivity contribution in [1.29, 1.82) is 0 Å². The Bertz CT molecular complexity index is 1470. The van der Waals surface area contributed by atoms with Crippen molar-refractivity contribution in [3.63, 3.8) is 0 Å². The molecule has 0 radical (unpaired) electrons. The smallest absolute Gasteiger partial charge is 0.404 e. The summed E-state index contributed by atoms with van der Waals surface area (Å²) in [4.78, 5) is 31.8. The average Bonchev–Trinajstić information content (AvgIpc) is 3.47. The minimum atomic E-state index is -0.667. The van der Waals surface area contributed by atoms with Crippen LogP contribution in [-0.4, -0.2) is 52.2 Å². The van der Waals surface area contributed by atoms with Gasteiger partial charge in [-0.3, -0.25) is 14.6 Å². The van der Waals surface area contributed by atoms with Gasteiger partial charge in [-0.05, 0) is 73.8 Å². The van der Waals surface area contributed by atoms with E-state index in [0.29, 0.717) is 24.2 Å². The van der Waals surface area contributed by atoms with Crippen LogP contribution in [-0.2, 0) is 25.4 Å². The molecule has 4 fully saturated rings. The normalized spacial score (nSPS) is 27.3. The van der Waals surface area contributed by atoms with Gasteiger partial charge in [0.05, 0.1) is 29.4 Å². The van der Waals surface area contributed by atoms with Gasteiger partial charge in [-0.2, -0.15) is 0 Å². The van der Waals surface area contributed by atoms with E-state index in [-0.39, 0.29) is 47.3 Å². The van der Waals surface area contributed by atoms with Crippen molar-refractivity contribution in [3.05, 3.63) is 42.7 Å². The molecule has 0 unspecified atom stereocenters. The summed E-state index contributed by atoms with van der Waals surface area (Å²) in [5.74, 6) is 0.965. The highest BCUT2D eigenvalue weighted by Crippen LogP contribution is 2.65. The van der Waals surface area contributed by atoms with Crippen molar-refractivity contribution in [2.24, 2.45) is 29.1 Å². The summed E-state index contributed by atoms with van der Waals surface area (Å²) in [6.45, 7) is 15.4. The third-order valence-corrected chi connectivity index (χ3v) is 10.6. The Hall–Kier alpha value is -2.91. The first-order chi connectivity index (χ1) is 20.4. The van der Waals surface area contributed by atoms with Crippen molar-refractivity contribution in [1.82, 2.24) is 20.2 Å². The molecule has 3 aromatic rings. The summed E-state index contributed by atoms with van der Waals surface area (Å²) >= 11 is 0. The van der Waals surface area contributed by atoms with Gasteiger partial charge in [0.25, 0.3) is 0 Å². The van der Waals surface area contributed by atoms with Gasteiger partial charge in [0.1, 0.15) is 12.6 Å². The van der Waals surface area contributed by atoms with Crippen LogP contribution >= 0.6 is 0 Å². The molecule has 3 saturated carbocycles. The second kappa shape index (κ2) is 11.2. The lowest BCUT2D eigenvalue weighted by molar-refractivity contribution is -0.199. The molecule has 8 nitrogen and oxygen atoms in total. The SMILES string of the molecule is CC(C)C[C@H](NC(=O)[C@H](CC(C)C)NC(=O)Cn1c2ccccc2c2ccncc21)B1O[C@@H]2C[C@@H]3C[C@@H](C3(C)C)[C@]2(C)O1. The van der Waals surface area contributed by atoms with Crippen molar-refractivity contribution in [3.8, 4) is 0 Å². The van der Waals surface area contributed by atoms with Crippen molar-refractivity contribution in [2.75, 3.05) is 0 Å². The third kappa shape index (κ3) is 5.37. The van der Waals surface area contributed by atoms with Crippen LogP contribution in [0.1, 0.15) is 74.1 Å². The molecule has 3 aliphatic carbocycles. The average molecular weight is 587 g/mol. The Morgan fingerprint density at radius 1 is 1.00 bits per heavy atom. The van der Waals surface area contributed by atoms with Crippen LogP contribution in [0, 0.1) is 29.1 Å². The monoisotopic (exact) mass is 586 g/mol. The Kier molecular flexibility index (Phi) is 7.87. The maximum Gasteiger partial charge on any atom is 0.481 e. The number of para-hydroxylation sites is 1. The number of hydrogen-bond donors (Lipinski definition) is 2. The second-order valence-electron chi connectivity index (χ2n) is 14.8. The van der Waals surface area contributed by atoms with Crippen LogP contribution in [0.5, 0.6) is 0 Å². The van der Waals surface area contributed by atoms with Crippen LogP contribution in [0.3, 0.4) is 0 Å². The highest BCUT2D eigenvalue weighted by Gasteiger charge is 2.68. The largest absolute Gasteiger partial charge is 0.481 e. The van der Waals surface area contributed by atoms with Gasteiger partial charge in [0.2, 0.25) is 11.8 Å². The Morgan fingerprint density at radius 3 is 2.44 bits per heavy atom. The van der Waals surface area contributed by atoms with E-state index < -0.39 is 13.2 Å². The lowest BCUT2D eigenvalue weighted by Crippen LogP contribution is -2.65. The first-order valence-corrected chi connectivity index (χ1v) is 16.1. The number of rotatable bonds is 10. The van der Waals surface area contributed by atoms with Crippen molar-refractivity contribution >= 4 is 40.7 Å². The summed E-state index contributed by atoms with van der Waals surface area (Å²) in [6.07, 6.45) is 7.06. The van der Waals surface area contributed by atoms with Gasteiger partial charge in [0.15, 0.2) is 0 Å². The molecular weight excluding hydrogens is 539 g/mol. The number of carbonyl (C=O) groups is 2. The maximum absolute atomic E-state index is 13.9. The van der Waals surface area contributed by atoms with Crippen LogP contribution < -0.4 is 10.6 Å². The number of hydrogen-bond acceptors (Lipinski definition) is 5. The van der Waals surface area contributed by atoms with Crippen molar-refractivity contribution < 1.29 is 18.9 Å². The summed E-state index contributed by atoms with van der Waals surface area (Å²) < 4.78 is 15.3. The van der Waals surface area contributed by atoms with E-state index in [9.17, 15) is 9.59 Å². The fourth-order valence-corrected chi connectivity index (χ4v) is 8.25. The zero-order chi connectivity index (χ0) is 30.7. The minimum Gasteiger partial charge on any atom is -0.404 e. The number of amides is 2. The quantitative estimate of drug-likeness (QED) is 0.305. The van der Waals surface area contributed by atoms with Crippen molar-refractivity contribution in [2.45, 2.75) is 104 Å². The molecule has 0 spiro atoms. The minimum absolute atomic E-state index is 0.0488. The number of nitrogens with one attached hydrogen (secondary N) is 2. The number of pyridine rings is 1. The van der Waals surface area contributed by atoms with E-state index in [4.69, 9.17) is 9.31 Å². The highest BCUT2D eigenvalue weighted by atomic mass is 16.7. The second-order valence-corrected chi connectivity index (χ2v) is 14.8. The molecule has 7 rings (SSSR count). The molecule has 2 aromatic heterocycles. The number of benzene rings is 1. The standard InChI is InChI=1S/C34H47BN4O4/c1-20(2)14-25(37-31(40)19-39-26-11-9-8-10-23(26)24-12-13-36-18-27(24)39)32(41)38-30(15-21(3)4)35-42-29-17-22-16-28(33(22,5)6)34(29,7)43-35/h8-13,18,20-22,25,28-30H,14-17,19H2,1-7H3,(H,37,40)(H,38,41)/t22-,25-,28-,29+,30-,34-/m0/s1. The summed E-state index contributed by atoms with van der Waals surface area (Å²) in [5.41, 5.74) is 1.77. The molecule has 1 aromatic carbocycles. The zero-order valence-electron chi connectivity index (χ0n) is 26.7. The van der Waals surface area contributed by atoms with Crippen LogP contribution in [0.4, 0.5) is 0 Å². The molecule has 4 aliphatic rings. The molecule has 230 valence electrons. The molecule has 2 bridgehead atoms. The van der Waals surface area contributed by atoms with E-state index in [1.807, 2.05) is 28.8 Å². The van der Waals surface area contributed by atoms with Crippen LogP contribution in [0.25, 0.3) is 21.8 Å². The zero-order valence-corrected chi connectivity index (χ0v) is 26.7. The Balaban J connectivity index is 1.18. The molecule has 1 saturated heterocycles. The molecule has 2 N–H and O–H groups in total. The predicted molar refractivity (Wildman–Crippen MR) is 170 cm³/mol. The summed E-state index contributed by atoms with van der Waals surface area (Å²) in [7, 11) is -0.503. The van der Waals surface area contributed by atoms with Gasteiger partial charge in [-0.15, -0.1) is 0 Å². The van der Waals surface area contributed by atoms with E-state index in [0.717, 1.165) is 34.6 Å². The Labute approximate surface area is 255 Å². The number of fused-ring (bicyclic) bond motifs is 3. The molecular formula is C34H47BN4O4. The summed E-state index contributed by atoms with van der Waals surface area (Å²) in [5, 5.41) is 8.48. The summed E-state index contributed by atoms with van der Waals surface area (Å²) in [6, 6.07) is 9.36. The number of nitrogens with zero attached hydrogens (tertiary/aromatic N) is 2. The molecule has 9 heteroatoms. The lowest BCUT2D eigenvalue weighted by Gasteiger charge is -2.64. The van der Waals surface area contributed by atoms with Gasteiger partial charge >= 0.3 is 7.12 Å². The number of aromatic nitrogens is 2. The molecule has 2 amide bonds. The fourth-order valence-electron chi connectivity index (χ4n) is 8.25. The molecule has 43 heavy (non-hydrogen) atoms. The fraction of sp³-hybridized carbons (Fsp3) is 0.618. The van der Waals surface area contributed by atoms with E-state index >= 15 is 0 Å². The third-order valence-electron chi connectivity index (χ3n) is 10.6. The first kappa shape index (κ1) is 30.1. The van der Waals surface area contributed by atoms with Gasteiger partial charge < -0.3 is 24.5 Å². The Morgan fingerprint density at radius 2 is 1.72 bits per heavy atom. The van der Waals surface area contributed by atoms with Gasteiger partial charge in [0, 0.05) is 22.5 Å². The maximum atomic E-state index is 13.9. The number of carbonyl (C=O) groups excluding carboxylic acids is 2. The van der Waals surface area contributed by atoms with E-state index in [1.54, 1.807) is 12.4 Å². The lowest BCUT2D eigenvalue weighted by atomic mass is 9.43.